The Morgan fingerprint density at radius 2 is 2.07 bits per heavy atom. The first-order valence-electron chi connectivity index (χ1n) is 3.99. The van der Waals surface area contributed by atoms with Gasteiger partial charge in [-0.2, -0.15) is 0 Å². The number of hydrogen-bond donors (Lipinski definition) is 3. The molecular weight excluding hydrogens is 208 g/mol. The molecule has 0 radical (unpaired) electrons. The van der Waals surface area contributed by atoms with Gasteiger partial charge in [-0.05, 0) is 6.92 Å². The van der Waals surface area contributed by atoms with E-state index in [9.17, 15) is 9.59 Å². The summed E-state index contributed by atoms with van der Waals surface area (Å²) in [4.78, 5) is 20.8. The average molecular weight is 220 g/mol. The molecule has 1 atom stereocenters. The van der Waals surface area contributed by atoms with Crippen molar-refractivity contribution in [3.05, 3.63) is 11.8 Å². The highest BCUT2D eigenvalue weighted by Crippen LogP contribution is 1.98. The first-order valence-corrected chi connectivity index (χ1v) is 3.99. The van der Waals surface area contributed by atoms with Gasteiger partial charge in [-0.1, -0.05) is 0 Å². The maximum Gasteiger partial charge on any atom is 0.513 e. The monoisotopic (exact) mass is 220 g/mol. The van der Waals surface area contributed by atoms with Crippen molar-refractivity contribution < 1.29 is 34.4 Å². The van der Waals surface area contributed by atoms with Crippen molar-refractivity contribution in [2.45, 2.75) is 13.0 Å². The number of carbonyl (C=O) groups excluding carboxylic acids is 1. The van der Waals surface area contributed by atoms with Gasteiger partial charge in [0.2, 0.25) is 0 Å². The van der Waals surface area contributed by atoms with Crippen LogP contribution in [0.4, 0.5) is 4.79 Å². The van der Waals surface area contributed by atoms with Crippen molar-refractivity contribution in [3.63, 3.8) is 0 Å². The zero-order valence-corrected chi connectivity index (χ0v) is 8.04. The van der Waals surface area contributed by atoms with Gasteiger partial charge in [-0.3, -0.25) is 0 Å². The van der Waals surface area contributed by atoms with Crippen LogP contribution in [0, 0.1) is 0 Å². The fourth-order valence-electron chi connectivity index (χ4n) is 0.545. The number of esters is 1. The van der Waals surface area contributed by atoms with E-state index in [0.717, 1.165) is 6.26 Å². The minimum Gasteiger partial charge on any atom is -0.498 e. The summed E-state index contributed by atoms with van der Waals surface area (Å²) in [6.45, 7) is 0.622. The number of hydrogen-bond acceptors (Lipinski definition) is 6. The van der Waals surface area contributed by atoms with Gasteiger partial charge in [0, 0.05) is 0 Å². The summed E-state index contributed by atoms with van der Waals surface area (Å²) in [5, 5.41) is 25.3. The van der Waals surface area contributed by atoms with Crippen LogP contribution in [0.5, 0.6) is 0 Å². The molecule has 0 aliphatic carbocycles. The summed E-state index contributed by atoms with van der Waals surface area (Å²) in [5.74, 6) is -1.05. The molecule has 15 heavy (non-hydrogen) atoms. The maximum absolute atomic E-state index is 10.8. The summed E-state index contributed by atoms with van der Waals surface area (Å²) in [6, 6.07) is 0. The molecular formula is C8H12O7. The van der Waals surface area contributed by atoms with Gasteiger partial charge in [-0.25, -0.2) is 9.59 Å². The summed E-state index contributed by atoms with van der Waals surface area (Å²) in [5.41, 5.74) is -0.0671. The molecule has 0 fully saturated rings. The van der Waals surface area contributed by atoms with Crippen LogP contribution >= 0.6 is 0 Å². The predicted molar refractivity (Wildman–Crippen MR) is 46.9 cm³/mol. The lowest BCUT2D eigenvalue weighted by Crippen LogP contribution is -2.18. The highest BCUT2D eigenvalue weighted by molar-refractivity contribution is 5.93. The zero-order chi connectivity index (χ0) is 11.8. The van der Waals surface area contributed by atoms with E-state index in [1.807, 2.05) is 0 Å². The smallest absolute Gasteiger partial charge is 0.498 e. The van der Waals surface area contributed by atoms with E-state index in [0.29, 0.717) is 0 Å². The molecule has 0 aromatic carbocycles. The second-order valence-electron chi connectivity index (χ2n) is 2.63. The molecule has 7 nitrogen and oxygen atoms in total. The lowest BCUT2D eigenvalue weighted by molar-refractivity contribution is -0.134. The lowest BCUT2D eigenvalue weighted by atomic mass is 10.3. The highest BCUT2D eigenvalue weighted by atomic mass is 16.7. The third kappa shape index (κ3) is 6.47. The van der Waals surface area contributed by atoms with Crippen LogP contribution in [0.25, 0.3) is 0 Å². The van der Waals surface area contributed by atoms with Crippen molar-refractivity contribution in [2.24, 2.45) is 0 Å². The topological polar surface area (TPSA) is 113 Å². The van der Waals surface area contributed by atoms with E-state index in [4.69, 9.17) is 15.3 Å². The molecule has 0 bridgehead atoms. The Hall–Kier alpha value is -1.60. The Balaban J connectivity index is 3.97. The Morgan fingerprint density at radius 1 is 1.47 bits per heavy atom. The normalized spacial score (nSPS) is 13.1. The van der Waals surface area contributed by atoms with Crippen molar-refractivity contribution in [1.29, 1.82) is 0 Å². The van der Waals surface area contributed by atoms with Crippen LogP contribution in [0.2, 0.25) is 0 Å². The Labute approximate surface area is 85.5 Å². The molecule has 86 valence electrons. The number of aliphatic hydroxyl groups is 2. The van der Waals surface area contributed by atoms with Crippen molar-refractivity contribution in [3.8, 4) is 0 Å². The fourth-order valence-corrected chi connectivity index (χ4v) is 0.545. The quantitative estimate of drug-likeness (QED) is 0.247. The van der Waals surface area contributed by atoms with Gasteiger partial charge in [0.15, 0.2) is 0 Å². The predicted octanol–water partition coefficient (Wildman–Crippen LogP) is -0.519. The van der Waals surface area contributed by atoms with Crippen molar-refractivity contribution in [2.75, 3.05) is 13.2 Å². The van der Waals surface area contributed by atoms with E-state index >= 15 is 0 Å². The summed E-state index contributed by atoms with van der Waals surface area (Å²) < 4.78 is 8.50. The van der Waals surface area contributed by atoms with E-state index < -0.39 is 24.8 Å². The van der Waals surface area contributed by atoms with Crippen LogP contribution in [-0.4, -0.2) is 46.8 Å². The molecule has 0 amide bonds. The Morgan fingerprint density at radius 3 is 2.53 bits per heavy atom. The molecule has 0 aromatic heterocycles. The number of carboxylic acid groups (broad SMARTS) is 1. The average Bonchev–Trinajstić information content (AvgIpc) is 2.16. The molecule has 0 heterocycles. The molecule has 0 spiro atoms. The third-order valence-corrected chi connectivity index (χ3v) is 1.26. The van der Waals surface area contributed by atoms with E-state index in [1.165, 1.54) is 6.92 Å². The molecule has 0 rings (SSSR count). The number of aliphatic hydroxyl groups excluding tert-OH is 2. The summed E-state index contributed by atoms with van der Waals surface area (Å²) in [6.07, 6.45) is -1.81. The molecule has 0 saturated heterocycles. The lowest BCUT2D eigenvalue weighted by Gasteiger charge is -2.06. The van der Waals surface area contributed by atoms with Gasteiger partial charge in [0.05, 0.1) is 18.4 Å². The SMILES string of the molecule is CC(=COCC(O)CO)C(=O)OC(=O)O. The largest absolute Gasteiger partial charge is 0.513 e. The Kier molecular flexibility index (Phi) is 6.07. The van der Waals surface area contributed by atoms with Gasteiger partial charge < -0.3 is 24.8 Å². The van der Waals surface area contributed by atoms with Crippen LogP contribution in [-0.2, 0) is 14.3 Å². The first-order chi connectivity index (χ1) is 6.97. The molecule has 0 aliphatic rings. The third-order valence-electron chi connectivity index (χ3n) is 1.26. The second-order valence-corrected chi connectivity index (χ2v) is 2.63. The molecule has 0 aromatic rings. The second kappa shape index (κ2) is 6.80. The van der Waals surface area contributed by atoms with Crippen LogP contribution in [0.15, 0.2) is 11.8 Å². The van der Waals surface area contributed by atoms with Crippen LogP contribution in [0.1, 0.15) is 6.92 Å². The zero-order valence-electron chi connectivity index (χ0n) is 8.04. The van der Waals surface area contributed by atoms with E-state index in [1.54, 1.807) is 0 Å². The van der Waals surface area contributed by atoms with Crippen LogP contribution < -0.4 is 0 Å². The van der Waals surface area contributed by atoms with E-state index in [-0.39, 0.29) is 12.2 Å². The highest BCUT2D eigenvalue weighted by Gasteiger charge is 2.11. The van der Waals surface area contributed by atoms with Gasteiger partial charge in [0.1, 0.15) is 12.7 Å². The standard InChI is InChI=1S/C8H12O7/c1-5(7(11)15-8(12)13)3-14-4-6(10)2-9/h3,6,9-10H,2,4H2,1H3,(H,12,13). The van der Waals surface area contributed by atoms with Gasteiger partial charge in [-0.15, -0.1) is 0 Å². The summed E-state index contributed by atoms with van der Waals surface area (Å²) >= 11 is 0. The minimum absolute atomic E-state index is 0.0671. The Bertz CT molecular complexity index is 258. The molecule has 3 N–H and O–H groups in total. The molecule has 0 aliphatic heterocycles. The fraction of sp³-hybridized carbons (Fsp3) is 0.500. The number of rotatable bonds is 5. The van der Waals surface area contributed by atoms with Crippen molar-refractivity contribution >= 4 is 12.1 Å². The summed E-state index contributed by atoms with van der Waals surface area (Å²) in [7, 11) is 0. The van der Waals surface area contributed by atoms with Gasteiger partial charge in [0.25, 0.3) is 0 Å². The maximum atomic E-state index is 10.8. The van der Waals surface area contributed by atoms with Gasteiger partial charge >= 0.3 is 12.1 Å². The molecule has 7 heteroatoms. The minimum atomic E-state index is -1.71. The van der Waals surface area contributed by atoms with Crippen molar-refractivity contribution in [1.82, 2.24) is 0 Å². The molecule has 0 saturated carbocycles. The molecule has 1 unspecified atom stereocenters. The van der Waals surface area contributed by atoms with Crippen LogP contribution in [0.3, 0.4) is 0 Å². The number of carbonyl (C=O) groups is 2. The first kappa shape index (κ1) is 13.4. The number of ether oxygens (including phenoxy) is 2. The van der Waals surface area contributed by atoms with E-state index in [2.05, 4.69) is 9.47 Å².